The van der Waals surface area contributed by atoms with Crippen molar-refractivity contribution < 1.29 is 9.90 Å². The summed E-state index contributed by atoms with van der Waals surface area (Å²) in [6.45, 7) is 0.795. The molecule has 0 amide bonds. The number of benzene rings is 1. The number of carbonyl (C=O) groups is 1. The third-order valence-corrected chi connectivity index (χ3v) is 3.26. The number of carboxylic acid groups (broad SMARTS) is 1. The van der Waals surface area contributed by atoms with Gasteiger partial charge in [-0.15, -0.1) is 0 Å². The van der Waals surface area contributed by atoms with Crippen LogP contribution in [0, 0.1) is 11.3 Å². The third-order valence-electron chi connectivity index (χ3n) is 3.26. The standard InChI is InChI=1S/C14H10N2O2/c15-8-9-1-2-12-11(5-9)6-13-10(7-14(17)18)3-4-16(12)13/h1-2,5-7H,3-4H2,(H,17,18). The molecular formula is C14H10N2O2. The fraction of sp³-hybridized carbons (Fsp3) is 0.143. The fourth-order valence-corrected chi connectivity index (χ4v) is 2.50. The van der Waals surface area contributed by atoms with E-state index in [1.807, 2.05) is 18.2 Å². The van der Waals surface area contributed by atoms with Crippen molar-refractivity contribution in [3.8, 4) is 6.07 Å². The number of carboxylic acids is 1. The number of aromatic nitrogens is 1. The van der Waals surface area contributed by atoms with Gasteiger partial charge in [0.05, 0.1) is 11.6 Å². The molecule has 0 spiro atoms. The monoisotopic (exact) mass is 238 g/mol. The lowest BCUT2D eigenvalue weighted by Crippen LogP contribution is -1.91. The van der Waals surface area contributed by atoms with Crippen LogP contribution in [0.25, 0.3) is 16.5 Å². The van der Waals surface area contributed by atoms with Crippen molar-refractivity contribution in [2.45, 2.75) is 13.0 Å². The molecule has 1 N–H and O–H groups in total. The summed E-state index contributed by atoms with van der Waals surface area (Å²) in [4.78, 5) is 10.8. The third kappa shape index (κ3) is 1.49. The van der Waals surface area contributed by atoms with Crippen LogP contribution in [0.2, 0.25) is 0 Å². The highest BCUT2D eigenvalue weighted by Gasteiger charge is 2.19. The molecule has 2 aromatic rings. The maximum atomic E-state index is 10.8. The average molecular weight is 238 g/mol. The first-order valence-corrected chi connectivity index (χ1v) is 5.66. The number of hydrogen-bond donors (Lipinski definition) is 1. The van der Waals surface area contributed by atoms with Crippen molar-refractivity contribution in [3.63, 3.8) is 0 Å². The van der Waals surface area contributed by atoms with Crippen molar-refractivity contribution in [1.82, 2.24) is 4.57 Å². The minimum Gasteiger partial charge on any atom is -0.478 e. The van der Waals surface area contributed by atoms with Gasteiger partial charge in [-0.3, -0.25) is 0 Å². The Labute approximate surface area is 103 Å². The molecule has 0 radical (unpaired) electrons. The summed E-state index contributed by atoms with van der Waals surface area (Å²) in [6.07, 6.45) is 2.01. The van der Waals surface area contributed by atoms with Crippen LogP contribution < -0.4 is 0 Å². The number of rotatable bonds is 1. The van der Waals surface area contributed by atoms with Crippen LogP contribution in [0.15, 0.2) is 30.3 Å². The van der Waals surface area contributed by atoms with E-state index < -0.39 is 5.97 Å². The van der Waals surface area contributed by atoms with E-state index in [0.29, 0.717) is 5.56 Å². The zero-order valence-corrected chi connectivity index (χ0v) is 9.55. The van der Waals surface area contributed by atoms with Crippen LogP contribution in [0.1, 0.15) is 17.7 Å². The van der Waals surface area contributed by atoms with Crippen molar-refractivity contribution >= 4 is 22.4 Å². The van der Waals surface area contributed by atoms with E-state index in [1.54, 1.807) is 6.07 Å². The molecule has 4 nitrogen and oxygen atoms in total. The summed E-state index contributed by atoms with van der Waals surface area (Å²) in [6, 6.07) is 9.60. The molecule has 0 unspecified atom stereocenters. The summed E-state index contributed by atoms with van der Waals surface area (Å²) in [5, 5.41) is 18.7. The molecule has 3 rings (SSSR count). The Kier molecular flexibility index (Phi) is 2.20. The predicted octanol–water partition coefficient (Wildman–Crippen LogP) is 2.38. The van der Waals surface area contributed by atoms with Gasteiger partial charge < -0.3 is 9.67 Å². The predicted molar refractivity (Wildman–Crippen MR) is 66.9 cm³/mol. The molecule has 88 valence electrons. The normalized spacial score (nSPS) is 15.8. The van der Waals surface area contributed by atoms with Crippen molar-refractivity contribution in [2.75, 3.05) is 0 Å². The Morgan fingerprint density at radius 1 is 1.44 bits per heavy atom. The molecule has 1 aromatic heterocycles. The van der Waals surface area contributed by atoms with Crippen molar-refractivity contribution in [1.29, 1.82) is 5.26 Å². The summed E-state index contributed by atoms with van der Waals surface area (Å²) in [7, 11) is 0. The van der Waals surface area contributed by atoms with Gasteiger partial charge in [0.25, 0.3) is 0 Å². The molecule has 0 saturated heterocycles. The molecule has 1 aliphatic rings. The SMILES string of the molecule is N#Cc1ccc2c(c1)cc1n2CCC1=CC(=O)O. The fourth-order valence-electron chi connectivity index (χ4n) is 2.50. The number of fused-ring (bicyclic) bond motifs is 3. The van der Waals surface area contributed by atoms with Crippen LogP contribution in [-0.4, -0.2) is 15.6 Å². The second-order valence-electron chi connectivity index (χ2n) is 4.32. The van der Waals surface area contributed by atoms with Crippen LogP contribution in [0.3, 0.4) is 0 Å². The Hall–Kier alpha value is -2.54. The minimum absolute atomic E-state index is 0.621. The molecule has 2 heterocycles. The highest BCUT2D eigenvalue weighted by atomic mass is 16.4. The first-order chi connectivity index (χ1) is 8.69. The smallest absolute Gasteiger partial charge is 0.328 e. The lowest BCUT2D eigenvalue weighted by molar-refractivity contribution is -0.131. The van der Waals surface area contributed by atoms with E-state index in [2.05, 4.69) is 10.6 Å². The lowest BCUT2D eigenvalue weighted by Gasteiger charge is -1.98. The van der Waals surface area contributed by atoms with Gasteiger partial charge in [0.15, 0.2) is 0 Å². The molecule has 18 heavy (non-hydrogen) atoms. The number of nitriles is 1. The Morgan fingerprint density at radius 3 is 3.00 bits per heavy atom. The first kappa shape index (κ1) is 10.6. The maximum Gasteiger partial charge on any atom is 0.328 e. The van der Waals surface area contributed by atoms with E-state index >= 15 is 0 Å². The highest BCUT2D eigenvalue weighted by molar-refractivity contribution is 5.94. The van der Waals surface area contributed by atoms with Gasteiger partial charge in [0, 0.05) is 29.2 Å². The highest BCUT2D eigenvalue weighted by Crippen LogP contribution is 2.33. The second-order valence-corrected chi connectivity index (χ2v) is 4.32. The Bertz CT molecular complexity index is 732. The van der Waals surface area contributed by atoms with Crippen LogP contribution in [-0.2, 0) is 11.3 Å². The molecule has 0 fully saturated rings. The van der Waals surface area contributed by atoms with Gasteiger partial charge in [0.1, 0.15) is 0 Å². The Morgan fingerprint density at radius 2 is 2.28 bits per heavy atom. The molecule has 0 saturated carbocycles. The van der Waals surface area contributed by atoms with Gasteiger partial charge in [-0.25, -0.2) is 4.79 Å². The van der Waals surface area contributed by atoms with E-state index in [-0.39, 0.29) is 0 Å². The van der Waals surface area contributed by atoms with Crippen LogP contribution in [0.5, 0.6) is 0 Å². The average Bonchev–Trinajstić information content (AvgIpc) is 2.88. The molecule has 4 heteroatoms. The molecule has 0 aliphatic carbocycles. The van der Waals surface area contributed by atoms with Gasteiger partial charge in [-0.2, -0.15) is 5.26 Å². The zero-order chi connectivity index (χ0) is 12.7. The van der Waals surface area contributed by atoms with E-state index in [0.717, 1.165) is 35.1 Å². The number of nitrogens with zero attached hydrogens (tertiary/aromatic N) is 2. The van der Waals surface area contributed by atoms with E-state index in [1.165, 1.54) is 6.08 Å². The van der Waals surface area contributed by atoms with E-state index in [9.17, 15) is 4.79 Å². The molecule has 0 bridgehead atoms. The summed E-state index contributed by atoms with van der Waals surface area (Å²) in [5.74, 6) is -0.915. The summed E-state index contributed by atoms with van der Waals surface area (Å²) < 4.78 is 2.10. The largest absolute Gasteiger partial charge is 0.478 e. The number of hydrogen-bond acceptors (Lipinski definition) is 2. The van der Waals surface area contributed by atoms with E-state index in [4.69, 9.17) is 10.4 Å². The van der Waals surface area contributed by atoms with Gasteiger partial charge >= 0.3 is 5.97 Å². The molecule has 0 atom stereocenters. The van der Waals surface area contributed by atoms with Gasteiger partial charge in [-0.1, -0.05) is 0 Å². The van der Waals surface area contributed by atoms with Gasteiger partial charge in [0.2, 0.25) is 0 Å². The number of aryl methyl sites for hydroxylation is 1. The Balaban J connectivity index is 2.21. The quantitative estimate of drug-likeness (QED) is 0.775. The number of allylic oxidation sites excluding steroid dienone is 1. The van der Waals surface area contributed by atoms with Crippen molar-refractivity contribution in [3.05, 3.63) is 41.6 Å². The molecular weight excluding hydrogens is 228 g/mol. The van der Waals surface area contributed by atoms with Crippen molar-refractivity contribution in [2.24, 2.45) is 0 Å². The van der Waals surface area contributed by atoms with Gasteiger partial charge in [-0.05, 0) is 36.3 Å². The van der Waals surface area contributed by atoms with Crippen LogP contribution in [0.4, 0.5) is 0 Å². The molecule has 1 aromatic carbocycles. The lowest BCUT2D eigenvalue weighted by atomic mass is 10.1. The molecule has 1 aliphatic heterocycles. The summed E-state index contributed by atoms with van der Waals surface area (Å²) >= 11 is 0. The summed E-state index contributed by atoms with van der Waals surface area (Å²) in [5.41, 5.74) is 3.47. The number of aliphatic carboxylic acids is 1. The zero-order valence-electron chi connectivity index (χ0n) is 9.55. The topological polar surface area (TPSA) is 66.0 Å². The minimum atomic E-state index is -0.915. The van der Waals surface area contributed by atoms with Crippen LogP contribution >= 0.6 is 0 Å². The first-order valence-electron chi connectivity index (χ1n) is 5.66. The maximum absolute atomic E-state index is 10.8. The second kappa shape index (κ2) is 3.74.